The lowest BCUT2D eigenvalue weighted by atomic mass is 9.93. The first-order chi connectivity index (χ1) is 33.3. The summed E-state index contributed by atoms with van der Waals surface area (Å²) in [5.41, 5.74) is 6.35. The molecule has 3 heterocycles. The predicted octanol–water partition coefficient (Wildman–Crippen LogP) is 9.23. The summed E-state index contributed by atoms with van der Waals surface area (Å²) in [4.78, 5) is 32.4. The zero-order chi connectivity index (χ0) is 48.7. The molecule has 6 aromatic rings. The van der Waals surface area contributed by atoms with Crippen LogP contribution in [0, 0.1) is 18.3 Å². The Morgan fingerprint density at radius 3 is 2.35 bits per heavy atom. The number of nitrogens with one attached hydrogen (secondary N) is 2. The Balaban J connectivity index is 1.03. The SMILES string of the molecule is COC(=O)C(Cc1ccc(-c2ccc(C#N)cc2)cc1)NC(=O)[C@@H]1Cc2cc3c(cc2CN1S(=O)(=O)c1sc(NCCOCCBr)nc1C)O[C@@H](c1ccc(OCc2ccc(Cl)c(Cl)c2)cc1)CO3. The molecule has 1 amide bonds. The molecule has 0 fully saturated rings. The molecule has 2 aliphatic rings. The van der Waals surface area contributed by atoms with Gasteiger partial charge in [0.05, 0.1) is 47.7 Å². The van der Waals surface area contributed by atoms with Crippen LogP contribution in [0.2, 0.25) is 10.0 Å². The number of rotatable bonds is 18. The fraction of sp³-hybridized carbons (Fsp3) is 0.280. The number of fused-ring (bicyclic) bond motifs is 2. The number of nitrogens with zero attached hydrogens (tertiary/aromatic N) is 3. The number of amides is 1. The Morgan fingerprint density at radius 2 is 1.65 bits per heavy atom. The molecule has 2 N–H and O–H groups in total. The number of hydrogen-bond donors (Lipinski definition) is 2. The number of halogens is 3. The number of esters is 1. The number of methoxy groups -OCH3 is 1. The largest absolute Gasteiger partial charge is 0.489 e. The van der Waals surface area contributed by atoms with E-state index in [0.717, 1.165) is 39.2 Å². The average molecular weight is 1080 g/mol. The van der Waals surface area contributed by atoms with Crippen LogP contribution in [0.25, 0.3) is 11.1 Å². The van der Waals surface area contributed by atoms with Gasteiger partial charge in [-0.25, -0.2) is 18.2 Å². The summed E-state index contributed by atoms with van der Waals surface area (Å²) >= 11 is 16.5. The van der Waals surface area contributed by atoms with Gasteiger partial charge in [-0.1, -0.05) is 105 Å². The molecule has 358 valence electrons. The van der Waals surface area contributed by atoms with Crippen molar-refractivity contribution in [3.8, 4) is 34.4 Å². The van der Waals surface area contributed by atoms with E-state index in [-0.39, 0.29) is 35.9 Å². The molecular weight excluding hydrogens is 1030 g/mol. The van der Waals surface area contributed by atoms with E-state index in [0.29, 0.717) is 80.8 Å². The number of carbonyl (C=O) groups excluding carboxylic acids is 2. The van der Waals surface area contributed by atoms with Crippen molar-refractivity contribution < 1.29 is 41.7 Å². The first kappa shape index (κ1) is 49.7. The minimum atomic E-state index is -4.39. The quantitative estimate of drug-likeness (QED) is 0.0475. The fourth-order valence-electron chi connectivity index (χ4n) is 7.94. The summed E-state index contributed by atoms with van der Waals surface area (Å²) < 4.78 is 60.3. The van der Waals surface area contributed by atoms with E-state index >= 15 is 0 Å². The number of nitriles is 1. The maximum Gasteiger partial charge on any atom is 0.328 e. The maximum absolute atomic E-state index is 14.9. The number of hydrogen-bond acceptors (Lipinski definition) is 13. The molecule has 2 aliphatic heterocycles. The van der Waals surface area contributed by atoms with Crippen LogP contribution >= 0.6 is 50.5 Å². The highest BCUT2D eigenvalue weighted by molar-refractivity contribution is 9.09. The molecule has 8 rings (SSSR count). The van der Waals surface area contributed by atoms with Gasteiger partial charge in [0.2, 0.25) is 5.91 Å². The number of sulfonamides is 1. The molecule has 14 nitrogen and oxygen atoms in total. The Hall–Kier alpha value is -5.71. The van der Waals surface area contributed by atoms with E-state index in [9.17, 15) is 23.3 Å². The zero-order valence-corrected chi connectivity index (χ0v) is 42.1. The Labute approximate surface area is 422 Å². The van der Waals surface area contributed by atoms with E-state index < -0.39 is 40.1 Å². The van der Waals surface area contributed by atoms with Crippen LogP contribution in [0.1, 0.15) is 45.2 Å². The first-order valence-corrected chi connectivity index (χ1v) is 25.9. The Kier molecular flexibility index (Phi) is 16.1. The van der Waals surface area contributed by atoms with E-state index in [1.165, 1.54) is 11.4 Å². The molecule has 69 heavy (non-hydrogen) atoms. The van der Waals surface area contributed by atoms with Gasteiger partial charge in [-0.3, -0.25) is 4.79 Å². The normalized spacial score (nSPS) is 15.9. The number of aromatic nitrogens is 1. The Morgan fingerprint density at radius 1 is 0.942 bits per heavy atom. The summed E-state index contributed by atoms with van der Waals surface area (Å²) in [6, 6.07) is 30.7. The van der Waals surface area contributed by atoms with Crippen LogP contribution in [0.15, 0.2) is 107 Å². The number of anilines is 1. The molecule has 3 atom stereocenters. The Bertz CT molecular complexity index is 2970. The van der Waals surface area contributed by atoms with Crippen LogP contribution in [0.3, 0.4) is 0 Å². The van der Waals surface area contributed by atoms with Crippen molar-refractivity contribution in [3.05, 3.63) is 152 Å². The number of alkyl halides is 1. The average Bonchev–Trinajstić information content (AvgIpc) is 3.76. The highest BCUT2D eigenvalue weighted by Crippen LogP contribution is 2.43. The number of thiazole rings is 1. The topological polar surface area (TPSA) is 178 Å². The van der Waals surface area contributed by atoms with Crippen molar-refractivity contribution in [2.75, 3.05) is 44.1 Å². The van der Waals surface area contributed by atoms with Crippen LogP contribution in [0.5, 0.6) is 17.2 Å². The minimum absolute atomic E-state index is 0.0264. The van der Waals surface area contributed by atoms with Gasteiger partial charge in [0.15, 0.2) is 26.9 Å². The highest BCUT2D eigenvalue weighted by atomic mass is 79.9. The molecule has 0 spiro atoms. The molecule has 0 bridgehead atoms. The van der Waals surface area contributed by atoms with Crippen LogP contribution in [-0.2, 0) is 55.1 Å². The summed E-state index contributed by atoms with van der Waals surface area (Å²) in [5.74, 6) is 0.135. The minimum Gasteiger partial charge on any atom is -0.489 e. The van der Waals surface area contributed by atoms with Crippen molar-refractivity contribution in [3.63, 3.8) is 0 Å². The predicted molar refractivity (Wildman–Crippen MR) is 267 cm³/mol. The molecule has 1 unspecified atom stereocenters. The third kappa shape index (κ3) is 11.8. The molecular formula is C50H46BrCl2N5O9S2. The lowest BCUT2D eigenvalue weighted by molar-refractivity contribution is -0.145. The number of ether oxygens (including phenoxy) is 5. The van der Waals surface area contributed by atoms with Gasteiger partial charge in [0, 0.05) is 24.8 Å². The lowest BCUT2D eigenvalue weighted by Gasteiger charge is -2.36. The molecule has 5 aromatic carbocycles. The number of benzene rings is 5. The molecule has 0 saturated heterocycles. The van der Waals surface area contributed by atoms with Crippen LogP contribution in [-0.4, -0.2) is 80.5 Å². The van der Waals surface area contributed by atoms with Crippen molar-refractivity contribution >= 4 is 77.5 Å². The summed E-state index contributed by atoms with van der Waals surface area (Å²) in [7, 11) is -3.16. The third-order valence-corrected chi connectivity index (χ3v) is 16.2. The van der Waals surface area contributed by atoms with Gasteiger partial charge >= 0.3 is 5.97 Å². The molecule has 19 heteroatoms. The fourth-order valence-corrected chi connectivity index (χ4v) is 11.6. The van der Waals surface area contributed by atoms with E-state index in [1.807, 2.05) is 66.7 Å². The summed E-state index contributed by atoms with van der Waals surface area (Å²) in [6.45, 7) is 3.22. The molecule has 0 aliphatic carbocycles. The number of carbonyl (C=O) groups is 2. The summed E-state index contributed by atoms with van der Waals surface area (Å²) in [6.07, 6.45) is -0.455. The van der Waals surface area contributed by atoms with Gasteiger partial charge in [-0.15, -0.1) is 0 Å². The van der Waals surface area contributed by atoms with E-state index in [4.69, 9.17) is 46.9 Å². The van der Waals surface area contributed by atoms with Gasteiger partial charge in [-0.2, -0.15) is 9.57 Å². The number of aryl methyl sites for hydroxylation is 1. The van der Waals surface area contributed by atoms with E-state index in [2.05, 4.69) is 37.6 Å². The zero-order valence-electron chi connectivity index (χ0n) is 37.4. The van der Waals surface area contributed by atoms with E-state index in [1.54, 1.807) is 43.3 Å². The van der Waals surface area contributed by atoms with Gasteiger partial charge in [0.25, 0.3) is 10.0 Å². The standard InChI is InChI=1S/C50H46BrCl2N5O9S2/c1-30-49(68-50(56-30)55-18-20-64-19-17-51)69(61,62)58-27-38-25-45-44(66-29-46(67-45)36-12-14-39(15-13-36)65-28-33-7-16-40(52)41(53)21-33)24-37(38)23-43(58)47(59)57-42(48(60)63-2)22-31-3-8-34(9-4-31)35-10-5-32(26-54)6-11-35/h3-16,21,24-25,42-43,46H,17-20,22-23,27-29H2,1-2H3,(H,55,56)(H,57,59)/t42?,43-,46+/m0/s1. The third-order valence-electron chi connectivity index (χ3n) is 11.5. The monoisotopic (exact) mass is 1070 g/mol. The second-order valence-corrected chi connectivity index (χ2v) is 20.8. The van der Waals surface area contributed by atoms with Gasteiger partial charge in [-0.05, 0) is 101 Å². The van der Waals surface area contributed by atoms with Crippen molar-refractivity contribution in [1.29, 1.82) is 5.26 Å². The maximum atomic E-state index is 14.9. The molecule has 0 radical (unpaired) electrons. The van der Waals surface area contributed by atoms with Crippen molar-refractivity contribution in [2.45, 2.75) is 55.3 Å². The highest BCUT2D eigenvalue weighted by Gasteiger charge is 2.43. The molecule has 1 aromatic heterocycles. The van der Waals surface area contributed by atoms with Gasteiger partial charge in [0.1, 0.15) is 31.0 Å². The second-order valence-electron chi connectivity index (χ2n) is 16.2. The lowest BCUT2D eigenvalue weighted by Crippen LogP contribution is -2.56. The second kappa shape index (κ2) is 22.4. The van der Waals surface area contributed by atoms with Crippen LogP contribution in [0.4, 0.5) is 5.13 Å². The smallest absolute Gasteiger partial charge is 0.328 e. The van der Waals surface area contributed by atoms with Crippen molar-refractivity contribution in [2.24, 2.45) is 0 Å². The molecule has 0 saturated carbocycles. The first-order valence-electron chi connectivity index (χ1n) is 21.8. The van der Waals surface area contributed by atoms with Crippen LogP contribution < -0.4 is 24.8 Å². The van der Waals surface area contributed by atoms with Crippen molar-refractivity contribution in [1.82, 2.24) is 14.6 Å². The van der Waals surface area contributed by atoms with Gasteiger partial charge < -0.3 is 34.3 Å². The summed E-state index contributed by atoms with van der Waals surface area (Å²) in [5, 5.41) is 17.2.